The molecule has 0 aliphatic heterocycles. The summed E-state index contributed by atoms with van der Waals surface area (Å²) in [5.41, 5.74) is 1.96. The minimum absolute atomic E-state index is 0.312. The zero-order valence-corrected chi connectivity index (χ0v) is 10.7. The van der Waals surface area contributed by atoms with Crippen molar-refractivity contribution in [1.29, 1.82) is 0 Å². The van der Waals surface area contributed by atoms with Gasteiger partial charge >= 0.3 is 0 Å². The highest BCUT2D eigenvalue weighted by molar-refractivity contribution is 9.10. The average Bonchev–Trinajstić information content (AvgIpc) is 2.29. The summed E-state index contributed by atoms with van der Waals surface area (Å²) in [7, 11) is 1.89. The van der Waals surface area contributed by atoms with E-state index in [1.54, 1.807) is 4.68 Å². The molecule has 1 aromatic rings. The number of carbonyl (C=O) groups excluding carboxylic acids is 1. The molecule has 1 heterocycles. The Kier molecular flexibility index (Phi) is 2.96. The lowest BCUT2D eigenvalue weighted by molar-refractivity contribution is -0.124. The Labute approximate surface area is 98.0 Å². The first-order chi connectivity index (χ1) is 7.09. The topological polar surface area (TPSA) is 34.9 Å². The number of hydrogen-bond donors (Lipinski definition) is 0. The van der Waals surface area contributed by atoms with E-state index in [1.807, 2.05) is 14.0 Å². The molecule has 0 aromatic carbocycles. The standard InChI is InChI=1S/C11H15BrN2O/c1-7-11(12)9(14(2)13-7)6-10(15)8-4-3-5-8/h8H,3-6H2,1-2H3. The Morgan fingerprint density at radius 3 is 2.67 bits per heavy atom. The number of halogens is 1. The second-order valence-electron chi connectivity index (χ2n) is 4.24. The highest BCUT2D eigenvalue weighted by Gasteiger charge is 2.26. The highest BCUT2D eigenvalue weighted by atomic mass is 79.9. The van der Waals surface area contributed by atoms with Crippen LogP contribution < -0.4 is 0 Å². The van der Waals surface area contributed by atoms with Gasteiger partial charge < -0.3 is 0 Å². The van der Waals surface area contributed by atoms with Gasteiger partial charge in [-0.3, -0.25) is 9.48 Å². The first-order valence-electron chi connectivity index (χ1n) is 5.30. The van der Waals surface area contributed by atoms with Crippen LogP contribution in [0.3, 0.4) is 0 Å². The average molecular weight is 271 g/mol. The van der Waals surface area contributed by atoms with Gasteiger partial charge in [-0.15, -0.1) is 0 Å². The van der Waals surface area contributed by atoms with Gasteiger partial charge in [0.2, 0.25) is 0 Å². The molecular formula is C11H15BrN2O. The van der Waals surface area contributed by atoms with Gasteiger partial charge in [0.1, 0.15) is 5.78 Å². The van der Waals surface area contributed by atoms with Crippen molar-refractivity contribution in [1.82, 2.24) is 9.78 Å². The fraction of sp³-hybridized carbons (Fsp3) is 0.636. The predicted molar refractivity (Wildman–Crippen MR) is 61.7 cm³/mol. The van der Waals surface area contributed by atoms with Crippen LogP contribution in [0.25, 0.3) is 0 Å². The van der Waals surface area contributed by atoms with Crippen LogP contribution in [0.2, 0.25) is 0 Å². The Bertz CT molecular complexity index is 394. The van der Waals surface area contributed by atoms with Crippen LogP contribution in [0.15, 0.2) is 4.47 Å². The zero-order chi connectivity index (χ0) is 11.0. The van der Waals surface area contributed by atoms with E-state index in [0.717, 1.165) is 28.7 Å². The normalized spacial score (nSPS) is 16.5. The molecule has 0 N–H and O–H groups in total. The Morgan fingerprint density at radius 1 is 1.60 bits per heavy atom. The molecule has 1 saturated carbocycles. The summed E-state index contributed by atoms with van der Waals surface area (Å²) in [5.74, 6) is 0.678. The number of aryl methyl sites for hydroxylation is 2. The van der Waals surface area contributed by atoms with E-state index in [0.29, 0.717) is 18.1 Å². The van der Waals surface area contributed by atoms with E-state index in [9.17, 15) is 4.79 Å². The third-order valence-electron chi connectivity index (χ3n) is 3.16. The van der Waals surface area contributed by atoms with E-state index < -0.39 is 0 Å². The second kappa shape index (κ2) is 4.08. The summed E-state index contributed by atoms with van der Waals surface area (Å²) in [6.45, 7) is 1.95. The molecule has 1 aliphatic carbocycles. The molecule has 1 fully saturated rings. The number of ketones is 1. The number of Topliss-reactive ketones (excluding diaryl/α,β-unsaturated/α-hetero) is 1. The van der Waals surface area contributed by atoms with E-state index in [1.165, 1.54) is 6.42 Å². The van der Waals surface area contributed by atoms with Crippen molar-refractivity contribution in [3.63, 3.8) is 0 Å². The van der Waals surface area contributed by atoms with Gasteiger partial charge in [-0.25, -0.2) is 0 Å². The van der Waals surface area contributed by atoms with Crippen LogP contribution >= 0.6 is 15.9 Å². The van der Waals surface area contributed by atoms with E-state index in [-0.39, 0.29) is 0 Å². The molecule has 1 aromatic heterocycles. The monoisotopic (exact) mass is 270 g/mol. The van der Waals surface area contributed by atoms with Crippen LogP contribution in [0, 0.1) is 12.8 Å². The second-order valence-corrected chi connectivity index (χ2v) is 5.03. The molecule has 0 radical (unpaired) electrons. The van der Waals surface area contributed by atoms with Crippen molar-refractivity contribution < 1.29 is 4.79 Å². The molecule has 82 valence electrons. The smallest absolute Gasteiger partial charge is 0.141 e. The van der Waals surface area contributed by atoms with E-state index >= 15 is 0 Å². The summed E-state index contributed by atoms with van der Waals surface area (Å²) in [5, 5.41) is 4.28. The van der Waals surface area contributed by atoms with E-state index in [2.05, 4.69) is 21.0 Å². The molecule has 1 aliphatic rings. The van der Waals surface area contributed by atoms with Crippen LogP contribution in [0.4, 0.5) is 0 Å². The molecule has 0 unspecified atom stereocenters. The number of rotatable bonds is 3. The molecule has 0 atom stereocenters. The van der Waals surface area contributed by atoms with Gasteiger partial charge in [0.05, 0.1) is 15.9 Å². The first kappa shape index (κ1) is 10.9. The van der Waals surface area contributed by atoms with Gasteiger partial charge in [-0.05, 0) is 35.7 Å². The third-order valence-corrected chi connectivity index (χ3v) is 4.20. The molecule has 15 heavy (non-hydrogen) atoms. The zero-order valence-electron chi connectivity index (χ0n) is 9.09. The summed E-state index contributed by atoms with van der Waals surface area (Å²) in [6, 6.07) is 0. The maximum Gasteiger partial charge on any atom is 0.141 e. The number of carbonyl (C=O) groups is 1. The third kappa shape index (κ3) is 2.00. The number of aromatic nitrogens is 2. The van der Waals surface area contributed by atoms with E-state index in [4.69, 9.17) is 0 Å². The quantitative estimate of drug-likeness (QED) is 0.846. The maximum atomic E-state index is 11.8. The Morgan fingerprint density at radius 2 is 2.27 bits per heavy atom. The summed E-state index contributed by atoms with van der Waals surface area (Å²) >= 11 is 3.48. The van der Waals surface area contributed by atoms with Crippen LogP contribution in [0.1, 0.15) is 30.7 Å². The summed E-state index contributed by atoms with van der Waals surface area (Å²) < 4.78 is 2.79. The lowest BCUT2D eigenvalue weighted by Gasteiger charge is -2.23. The minimum atomic E-state index is 0.312. The number of nitrogens with zero attached hydrogens (tertiary/aromatic N) is 2. The van der Waals surface area contributed by atoms with Crippen molar-refractivity contribution >= 4 is 21.7 Å². The van der Waals surface area contributed by atoms with Crippen LogP contribution in [-0.4, -0.2) is 15.6 Å². The number of hydrogen-bond acceptors (Lipinski definition) is 2. The fourth-order valence-electron chi connectivity index (χ4n) is 1.91. The van der Waals surface area contributed by atoms with Gasteiger partial charge in [0.25, 0.3) is 0 Å². The molecular weight excluding hydrogens is 256 g/mol. The van der Waals surface area contributed by atoms with Crippen molar-refractivity contribution in [2.45, 2.75) is 32.6 Å². The van der Waals surface area contributed by atoms with Crippen molar-refractivity contribution in [3.05, 3.63) is 15.9 Å². The van der Waals surface area contributed by atoms with Gasteiger partial charge in [0, 0.05) is 19.4 Å². The SMILES string of the molecule is Cc1nn(C)c(CC(=O)C2CCC2)c1Br. The van der Waals surface area contributed by atoms with Crippen LogP contribution in [-0.2, 0) is 18.3 Å². The lowest BCUT2D eigenvalue weighted by Crippen LogP contribution is -2.24. The molecule has 0 bridgehead atoms. The minimum Gasteiger partial charge on any atom is -0.299 e. The van der Waals surface area contributed by atoms with Gasteiger partial charge in [-0.1, -0.05) is 6.42 Å². The van der Waals surface area contributed by atoms with Crippen LogP contribution in [0.5, 0.6) is 0 Å². The Balaban J connectivity index is 2.12. The molecule has 0 spiro atoms. The largest absolute Gasteiger partial charge is 0.299 e. The first-order valence-corrected chi connectivity index (χ1v) is 6.09. The van der Waals surface area contributed by atoms with Crippen molar-refractivity contribution in [2.24, 2.45) is 13.0 Å². The summed E-state index contributed by atoms with van der Waals surface area (Å²) in [4.78, 5) is 11.8. The predicted octanol–water partition coefficient (Wildman–Crippen LogP) is 2.40. The fourth-order valence-corrected chi connectivity index (χ4v) is 2.39. The van der Waals surface area contributed by atoms with Gasteiger partial charge in [0.15, 0.2) is 0 Å². The highest BCUT2D eigenvalue weighted by Crippen LogP contribution is 2.29. The van der Waals surface area contributed by atoms with Crippen molar-refractivity contribution in [3.8, 4) is 0 Å². The Hall–Kier alpha value is -0.640. The molecule has 0 amide bonds. The molecule has 3 nitrogen and oxygen atoms in total. The maximum absolute atomic E-state index is 11.8. The van der Waals surface area contributed by atoms with Crippen molar-refractivity contribution in [2.75, 3.05) is 0 Å². The van der Waals surface area contributed by atoms with Gasteiger partial charge in [-0.2, -0.15) is 5.10 Å². The molecule has 0 saturated heterocycles. The lowest BCUT2D eigenvalue weighted by atomic mass is 9.81. The molecule has 4 heteroatoms. The summed E-state index contributed by atoms with van der Waals surface area (Å²) in [6.07, 6.45) is 3.88. The molecule has 2 rings (SSSR count).